The number of hydrogen-bond acceptors (Lipinski definition) is 3. The second-order valence-corrected chi connectivity index (χ2v) is 4.12. The maximum atomic E-state index is 9.24. The van der Waals surface area contributed by atoms with Crippen LogP contribution in [0.1, 0.15) is 18.9 Å². The first kappa shape index (κ1) is 11.6. The van der Waals surface area contributed by atoms with Crippen LogP contribution in [0.25, 0.3) is 0 Å². The zero-order valence-electron chi connectivity index (χ0n) is 8.56. The van der Waals surface area contributed by atoms with Gasteiger partial charge in [0.2, 0.25) is 0 Å². The van der Waals surface area contributed by atoms with Gasteiger partial charge in [-0.1, -0.05) is 24.6 Å². The minimum absolute atomic E-state index is 0.354. The Kier molecular flexibility index (Phi) is 5.01. The van der Waals surface area contributed by atoms with Crippen LogP contribution < -0.4 is 0 Å². The second kappa shape index (κ2) is 6.06. The first-order chi connectivity index (χ1) is 6.72. The van der Waals surface area contributed by atoms with Gasteiger partial charge >= 0.3 is 0 Å². The highest BCUT2D eigenvalue weighted by Gasteiger charge is 2.01. The van der Waals surface area contributed by atoms with Crippen molar-refractivity contribution in [3.8, 4) is 0 Å². The lowest BCUT2D eigenvalue weighted by Gasteiger charge is -2.07. The van der Waals surface area contributed by atoms with Gasteiger partial charge in [-0.3, -0.25) is 0 Å². The monoisotopic (exact) mass is 212 g/mol. The van der Waals surface area contributed by atoms with Crippen molar-refractivity contribution in [2.24, 2.45) is 0 Å². The summed E-state index contributed by atoms with van der Waals surface area (Å²) in [5.74, 6) is 0. The van der Waals surface area contributed by atoms with Crippen molar-refractivity contribution < 1.29 is 9.29 Å². The summed E-state index contributed by atoms with van der Waals surface area (Å²) in [5, 5.41) is 9.24. The maximum absolute atomic E-state index is 9.24. The molecule has 0 radical (unpaired) electrons. The third kappa shape index (κ3) is 4.13. The Hall–Kier alpha value is -0.510. The molecule has 1 aromatic rings. The van der Waals surface area contributed by atoms with Gasteiger partial charge in [-0.25, -0.2) is 0 Å². The molecule has 0 aliphatic rings. The molecule has 0 amide bonds. The SMILES string of the molecule is CCC(O)COSc1ccc(C)cc1. The van der Waals surface area contributed by atoms with Crippen LogP contribution in [0.4, 0.5) is 0 Å². The zero-order valence-corrected chi connectivity index (χ0v) is 9.38. The second-order valence-electron chi connectivity index (χ2n) is 3.24. The molecule has 1 rings (SSSR count). The van der Waals surface area contributed by atoms with Crippen LogP contribution in [-0.4, -0.2) is 17.8 Å². The highest BCUT2D eigenvalue weighted by Crippen LogP contribution is 2.19. The third-order valence-corrected chi connectivity index (χ3v) is 2.63. The molecule has 0 heterocycles. The van der Waals surface area contributed by atoms with Crippen molar-refractivity contribution in [3.05, 3.63) is 29.8 Å². The van der Waals surface area contributed by atoms with E-state index in [0.717, 1.165) is 11.3 Å². The average molecular weight is 212 g/mol. The summed E-state index contributed by atoms with van der Waals surface area (Å²) in [4.78, 5) is 1.07. The summed E-state index contributed by atoms with van der Waals surface area (Å²) in [7, 11) is 0. The first-order valence-corrected chi connectivity index (χ1v) is 5.50. The summed E-state index contributed by atoms with van der Waals surface area (Å²) >= 11 is 1.31. The molecule has 0 aliphatic heterocycles. The van der Waals surface area contributed by atoms with Crippen molar-refractivity contribution in [3.63, 3.8) is 0 Å². The molecule has 0 fully saturated rings. The molecule has 14 heavy (non-hydrogen) atoms. The molecular weight excluding hydrogens is 196 g/mol. The molecule has 1 N–H and O–H groups in total. The molecule has 78 valence electrons. The molecule has 0 spiro atoms. The lowest BCUT2D eigenvalue weighted by molar-refractivity contribution is 0.115. The van der Waals surface area contributed by atoms with E-state index in [1.165, 1.54) is 17.6 Å². The van der Waals surface area contributed by atoms with Gasteiger partial charge in [0, 0.05) is 16.9 Å². The van der Waals surface area contributed by atoms with Crippen molar-refractivity contribution in [1.82, 2.24) is 0 Å². The molecule has 0 aliphatic carbocycles. The van der Waals surface area contributed by atoms with Crippen molar-refractivity contribution >= 4 is 12.0 Å². The van der Waals surface area contributed by atoms with E-state index in [2.05, 4.69) is 6.92 Å². The van der Waals surface area contributed by atoms with Crippen LogP contribution in [0.15, 0.2) is 29.2 Å². The summed E-state index contributed by atoms with van der Waals surface area (Å²) < 4.78 is 5.28. The fourth-order valence-corrected chi connectivity index (χ4v) is 1.50. The van der Waals surface area contributed by atoms with Crippen molar-refractivity contribution in [2.45, 2.75) is 31.3 Å². The Bertz CT molecular complexity index is 258. The Morgan fingerprint density at radius 1 is 1.36 bits per heavy atom. The summed E-state index contributed by atoms with van der Waals surface area (Å²) in [6.45, 7) is 4.37. The molecule has 0 bridgehead atoms. The number of rotatable bonds is 5. The minimum atomic E-state index is -0.354. The quantitative estimate of drug-likeness (QED) is 0.761. The van der Waals surface area contributed by atoms with E-state index in [9.17, 15) is 5.11 Å². The van der Waals surface area contributed by atoms with Gasteiger partial charge in [-0.05, 0) is 25.5 Å². The number of hydrogen-bond donors (Lipinski definition) is 1. The van der Waals surface area contributed by atoms with Gasteiger partial charge in [0.15, 0.2) is 0 Å². The number of aryl methyl sites for hydroxylation is 1. The van der Waals surface area contributed by atoms with E-state index in [0.29, 0.717) is 6.61 Å². The van der Waals surface area contributed by atoms with E-state index < -0.39 is 0 Å². The maximum Gasteiger partial charge on any atom is 0.0877 e. The summed E-state index contributed by atoms with van der Waals surface area (Å²) in [6, 6.07) is 8.11. The minimum Gasteiger partial charge on any atom is -0.391 e. The fraction of sp³-hybridized carbons (Fsp3) is 0.455. The highest BCUT2D eigenvalue weighted by atomic mass is 32.2. The largest absolute Gasteiger partial charge is 0.391 e. The Labute approximate surface area is 89.5 Å². The average Bonchev–Trinajstić information content (AvgIpc) is 2.21. The number of aliphatic hydroxyl groups excluding tert-OH is 1. The highest BCUT2D eigenvalue weighted by molar-refractivity contribution is 7.94. The predicted octanol–water partition coefficient (Wildman–Crippen LogP) is 2.79. The summed E-state index contributed by atoms with van der Waals surface area (Å²) in [6.07, 6.45) is 0.377. The van der Waals surface area contributed by atoms with E-state index in [1.54, 1.807) is 0 Å². The normalized spacial score (nSPS) is 12.8. The van der Waals surface area contributed by atoms with Gasteiger partial charge in [0.05, 0.1) is 12.7 Å². The fourth-order valence-electron chi connectivity index (χ4n) is 0.892. The van der Waals surface area contributed by atoms with Crippen LogP contribution in [0.2, 0.25) is 0 Å². The molecule has 0 aromatic heterocycles. The van der Waals surface area contributed by atoms with Crippen LogP contribution in [0.5, 0.6) is 0 Å². The Balaban J connectivity index is 2.28. The van der Waals surface area contributed by atoms with E-state index >= 15 is 0 Å². The van der Waals surface area contributed by atoms with Crippen LogP contribution in [0.3, 0.4) is 0 Å². The topological polar surface area (TPSA) is 29.5 Å². The lowest BCUT2D eigenvalue weighted by Crippen LogP contribution is -2.10. The van der Waals surface area contributed by atoms with E-state index in [1.807, 2.05) is 31.2 Å². The Morgan fingerprint density at radius 2 is 2.00 bits per heavy atom. The van der Waals surface area contributed by atoms with Crippen molar-refractivity contribution in [1.29, 1.82) is 0 Å². The Morgan fingerprint density at radius 3 is 2.57 bits per heavy atom. The third-order valence-electron chi connectivity index (χ3n) is 1.91. The van der Waals surface area contributed by atoms with Gasteiger partial charge in [0.25, 0.3) is 0 Å². The van der Waals surface area contributed by atoms with Crippen molar-refractivity contribution in [2.75, 3.05) is 6.61 Å². The number of benzene rings is 1. The van der Waals surface area contributed by atoms with Gasteiger partial charge in [0.1, 0.15) is 0 Å². The smallest absolute Gasteiger partial charge is 0.0877 e. The molecule has 2 nitrogen and oxygen atoms in total. The molecule has 1 atom stereocenters. The lowest BCUT2D eigenvalue weighted by atomic mass is 10.2. The van der Waals surface area contributed by atoms with Crippen LogP contribution in [-0.2, 0) is 4.18 Å². The predicted molar refractivity (Wildman–Crippen MR) is 59.3 cm³/mol. The molecule has 0 saturated carbocycles. The van der Waals surface area contributed by atoms with E-state index in [4.69, 9.17) is 4.18 Å². The standard InChI is InChI=1S/C11H16O2S/c1-3-10(12)8-13-14-11-6-4-9(2)5-7-11/h4-7,10,12H,3,8H2,1-2H3. The molecule has 1 unspecified atom stereocenters. The summed E-state index contributed by atoms with van der Waals surface area (Å²) in [5.41, 5.74) is 1.24. The van der Waals surface area contributed by atoms with Gasteiger partial charge < -0.3 is 9.29 Å². The zero-order chi connectivity index (χ0) is 10.4. The molecule has 3 heteroatoms. The van der Waals surface area contributed by atoms with Crippen LogP contribution >= 0.6 is 12.0 Å². The van der Waals surface area contributed by atoms with Gasteiger partial charge in [-0.2, -0.15) is 0 Å². The van der Waals surface area contributed by atoms with E-state index in [-0.39, 0.29) is 6.10 Å². The molecular formula is C11H16O2S. The molecule has 1 aromatic carbocycles. The molecule has 0 saturated heterocycles. The number of aliphatic hydroxyl groups is 1. The van der Waals surface area contributed by atoms with Gasteiger partial charge in [-0.15, -0.1) is 0 Å². The first-order valence-electron chi connectivity index (χ1n) is 4.76. The van der Waals surface area contributed by atoms with Crippen LogP contribution in [0, 0.1) is 6.92 Å².